The van der Waals surface area contributed by atoms with E-state index in [-0.39, 0.29) is 23.7 Å². The molecule has 2 aromatic carbocycles. The number of aromatic nitrogens is 1. The van der Waals surface area contributed by atoms with Gasteiger partial charge in [0.1, 0.15) is 0 Å². The second-order valence-electron chi connectivity index (χ2n) is 8.40. The van der Waals surface area contributed by atoms with Gasteiger partial charge in [-0.3, -0.25) is 14.6 Å². The minimum atomic E-state index is -0.320. The Hall–Kier alpha value is -3.87. The fourth-order valence-corrected chi connectivity index (χ4v) is 4.41. The quantitative estimate of drug-likeness (QED) is 0.583. The number of ether oxygens (including phenoxy) is 2. The third kappa shape index (κ3) is 5.36. The number of nitrogens with one attached hydrogen (secondary N) is 1. The zero-order valence-corrected chi connectivity index (χ0v) is 19.4. The number of hydrogen-bond acceptors (Lipinski definition) is 5. The molecule has 176 valence electrons. The van der Waals surface area contributed by atoms with Crippen molar-refractivity contribution in [3.8, 4) is 11.5 Å². The molecule has 7 heteroatoms. The van der Waals surface area contributed by atoms with Crippen LogP contribution < -0.4 is 14.8 Å². The molecule has 1 aliphatic rings. The maximum atomic E-state index is 13.5. The smallest absolute Gasteiger partial charge is 0.254 e. The van der Waals surface area contributed by atoms with Gasteiger partial charge in [0.2, 0.25) is 5.91 Å². The zero-order valence-electron chi connectivity index (χ0n) is 19.4. The number of benzene rings is 2. The summed E-state index contributed by atoms with van der Waals surface area (Å²) < 4.78 is 10.7. The zero-order chi connectivity index (χ0) is 23.9. The summed E-state index contributed by atoms with van der Waals surface area (Å²) in [4.78, 5) is 32.5. The fraction of sp³-hybridized carbons (Fsp3) is 0.296. The SMILES string of the molecule is COc1ccc(C(=O)N2CC(C(=O)NCc3cccnc3)CC(c3ccccc3)C2)cc1OC. The molecule has 1 saturated heterocycles. The Labute approximate surface area is 199 Å². The van der Waals surface area contributed by atoms with Crippen LogP contribution in [-0.4, -0.2) is 49.0 Å². The van der Waals surface area contributed by atoms with E-state index < -0.39 is 0 Å². The molecular weight excluding hydrogens is 430 g/mol. The summed E-state index contributed by atoms with van der Waals surface area (Å²) in [5.41, 5.74) is 2.56. The molecule has 1 aliphatic heterocycles. The maximum absolute atomic E-state index is 13.5. The number of nitrogens with zero attached hydrogens (tertiary/aromatic N) is 2. The highest BCUT2D eigenvalue weighted by atomic mass is 16.5. The molecule has 1 fully saturated rings. The van der Waals surface area contributed by atoms with Gasteiger partial charge in [-0.15, -0.1) is 0 Å². The van der Waals surface area contributed by atoms with E-state index in [0.29, 0.717) is 43.1 Å². The first-order valence-electron chi connectivity index (χ1n) is 11.3. The molecule has 4 rings (SSSR count). The van der Waals surface area contributed by atoms with Crippen molar-refractivity contribution in [2.75, 3.05) is 27.3 Å². The molecule has 0 radical (unpaired) electrons. The van der Waals surface area contributed by atoms with Crippen molar-refractivity contribution < 1.29 is 19.1 Å². The van der Waals surface area contributed by atoms with Gasteiger partial charge in [0.25, 0.3) is 5.91 Å². The average molecular weight is 460 g/mol. The number of carbonyl (C=O) groups is 2. The fourth-order valence-electron chi connectivity index (χ4n) is 4.41. The van der Waals surface area contributed by atoms with Crippen molar-refractivity contribution in [1.29, 1.82) is 0 Å². The lowest BCUT2D eigenvalue weighted by molar-refractivity contribution is -0.126. The number of piperidine rings is 1. The molecule has 7 nitrogen and oxygen atoms in total. The molecule has 1 aromatic heterocycles. The third-order valence-corrected chi connectivity index (χ3v) is 6.20. The van der Waals surface area contributed by atoms with Gasteiger partial charge in [-0.05, 0) is 41.8 Å². The number of hydrogen-bond donors (Lipinski definition) is 1. The van der Waals surface area contributed by atoms with Crippen LogP contribution in [-0.2, 0) is 11.3 Å². The summed E-state index contributed by atoms with van der Waals surface area (Å²) in [5.74, 6) is 0.609. The van der Waals surface area contributed by atoms with Gasteiger partial charge in [0, 0.05) is 43.5 Å². The van der Waals surface area contributed by atoms with Crippen LogP contribution in [0.4, 0.5) is 0 Å². The van der Waals surface area contributed by atoms with E-state index in [1.807, 2.05) is 30.3 Å². The van der Waals surface area contributed by atoms with Crippen molar-refractivity contribution in [2.24, 2.45) is 5.92 Å². The molecule has 0 spiro atoms. The van der Waals surface area contributed by atoms with Crippen LogP contribution in [0.1, 0.15) is 33.8 Å². The van der Waals surface area contributed by atoms with Gasteiger partial charge >= 0.3 is 0 Å². The number of carbonyl (C=O) groups excluding carboxylic acids is 2. The van der Waals surface area contributed by atoms with E-state index in [1.165, 1.54) is 0 Å². The van der Waals surface area contributed by atoms with E-state index in [9.17, 15) is 9.59 Å². The minimum absolute atomic E-state index is 0.0606. The predicted octanol–water partition coefficient (Wildman–Crippen LogP) is 3.66. The lowest BCUT2D eigenvalue weighted by Gasteiger charge is -2.37. The topological polar surface area (TPSA) is 80.8 Å². The molecule has 2 unspecified atom stereocenters. The molecule has 0 aliphatic carbocycles. The number of likely N-dealkylation sites (tertiary alicyclic amines) is 1. The van der Waals surface area contributed by atoms with E-state index in [4.69, 9.17) is 9.47 Å². The number of rotatable bonds is 7. The van der Waals surface area contributed by atoms with Gasteiger partial charge in [0.15, 0.2) is 11.5 Å². The summed E-state index contributed by atoms with van der Waals surface area (Å²) >= 11 is 0. The summed E-state index contributed by atoms with van der Waals surface area (Å²) in [6.45, 7) is 1.31. The van der Waals surface area contributed by atoms with E-state index in [2.05, 4.69) is 22.4 Å². The van der Waals surface area contributed by atoms with Crippen LogP contribution >= 0.6 is 0 Å². The van der Waals surface area contributed by atoms with Crippen LogP contribution in [0, 0.1) is 5.92 Å². The molecule has 1 N–H and O–H groups in total. The van der Waals surface area contributed by atoms with Crippen molar-refractivity contribution in [3.05, 3.63) is 89.7 Å². The minimum Gasteiger partial charge on any atom is -0.493 e. The Morgan fingerprint density at radius 2 is 1.79 bits per heavy atom. The molecule has 2 amide bonds. The summed E-state index contributed by atoms with van der Waals surface area (Å²) in [6.07, 6.45) is 4.12. The average Bonchev–Trinajstić information content (AvgIpc) is 2.91. The van der Waals surface area contributed by atoms with Crippen LogP contribution in [0.2, 0.25) is 0 Å². The lowest BCUT2D eigenvalue weighted by Crippen LogP contribution is -2.48. The second kappa shape index (κ2) is 10.8. The Bertz CT molecular complexity index is 1120. The van der Waals surface area contributed by atoms with Crippen LogP contribution in [0.15, 0.2) is 73.1 Å². The van der Waals surface area contributed by atoms with Gasteiger partial charge < -0.3 is 19.7 Å². The van der Waals surface area contributed by atoms with Gasteiger partial charge in [-0.2, -0.15) is 0 Å². The second-order valence-corrected chi connectivity index (χ2v) is 8.40. The number of methoxy groups -OCH3 is 2. The van der Waals surface area contributed by atoms with Gasteiger partial charge in [-0.1, -0.05) is 36.4 Å². The van der Waals surface area contributed by atoms with Crippen LogP contribution in [0.25, 0.3) is 0 Å². The van der Waals surface area contributed by atoms with Crippen LogP contribution in [0.3, 0.4) is 0 Å². The highest BCUT2D eigenvalue weighted by Gasteiger charge is 2.35. The molecular formula is C27H29N3O4. The number of pyridine rings is 1. The van der Waals surface area contributed by atoms with Crippen molar-refractivity contribution in [1.82, 2.24) is 15.2 Å². The molecule has 0 bridgehead atoms. The Morgan fingerprint density at radius 3 is 2.50 bits per heavy atom. The van der Waals surface area contributed by atoms with E-state index >= 15 is 0 Å². The predicted molar refractivity (Wildman–Crippen MR) is 129 cm³/mol. The largest absolute Gasteiger partial charge is 0.493 e. The standard InChI is InChI=1S/C27H29N3O4/c1-33-24-11-10-21(14-25(24)34-2)27(32)30-17-22(20-8-4-3-5-9-20)13-23(18-30)26(31)29-16-19-7-6-12-28-15-19/h3-12,14-15,22-23H,13,16-18H2,1-2H3,(H,29,31). The van der Waals surface area contributed by atoms with E-state index in [1.54, 1.807) is 49.7 Å². The summed E-state index contributed by atoms with van der Waals surface area (Å²) in [6, 6.07) is 19.0. The van der Waals surface area contributed by atoms with Crippen LogP contribution in [0.5, 0.6) is 11.5 Å². The normalized spacial score (nSPS) is 17.6. The first-order valence-corrected chi connectivity index (χ1v) is 11.3. The Balaban J connectivity index is 1.55. The van der Waals surface area contributed by atoms with Crippen molar-refractivity contribution >= 4 is 11.8 Å². The van der Waals surface area contributed by atoms with E-state index in [0.717, 1.165) is 11.1 Å². The lowest BCUT2D eigenvalue weighted by atomic mass is 9.83. The van der Waals surface area contributed by atoms with Gasteiger partial charge in [-0.25, -0.2) is 0 Å². The van der Waals surface area contributed by atoms with Gasteiger partial charge in [0.05, 0.1) is 20.1 Å². The highest BCUT2D eigenvalue weighted by molar-refractivity contribution is 5.95. The molecule has 3 aromatic rings. The Morgan fingerprint density at radius 1 is 1.00 bits per heavy atom. The summed E-state index contributed by atoms with van der Waals surface area (Å²) in [7, 11) is 3.10. The van der Waals surface area contributed by atoms with Crippen molar-refractivity contribution in [3.63, 3.8) is 0 Å². The molecule has 34 heavy (non-hydrogen) atoms. The third-order valence-electron chi connectivity index (χ3n) is 6.20. The molecule has 2 atom stereocenters. The monoisotopic (exact) mass is 459 g/mol. The molecule has 0 saturated carbocycles. The summed E-state index contributed by atoms with van der Waals surface area (Å²) in [5, 5.41) is 3.02. The maximum Gasteiger partial charge on any atom is 0.254 e. The Kier molecular flexibility index (Phi) is 7.42. The molecule has 2 heterocycles. The first kappa shape index (κ1) is 23.3. The first-order chi connectivity index (χ1) is 16.6. The van der Waals surface area contributed by atoms with Crippen molar-refractivity contribution in [2.45, 2.75) is 18.9 Å². The highest BCUT2D eigenvalue weighted by Crippen LogP contribution is 2.33. The number of amides is 2.